The number of thiophene rings is 5. The van der Waals surface area contributed by atoms with Crippen LogP contribution in [0.4, 0.5) is 42.0 Å². The molecular weight excluding hydrogens is 1960 g/mol. The Kier molecular flexibility index (Phi) is 32.6. The van der Waals surface area contributed by atoms with Gasteiger partial charge in [-0.2, -0.15) is 25.5 Å². The van der Waals surface area contributed by atoms with Crippen LogP contribution in [0.5, 0.6) is 11.5 Å². The predicted molar refractivity (Wildman–Crippen MR) is 559 cm³/mol. The van der Waals surface area contributed by atoms with Gasteiger partial charge >= 0.3 is 6.09 Å². The molecule has 43 heteroatoms. The Bertz CT molecular complexity index is 7900. The van der Waals surface area contributed by atoms with Gasteiger partial charge in [0.25, 0.3) is 29.5 Å². The number of nitrogens with zero attached hydrogens (tertiary/aromatic N) is 13. The molecule has 5 aromatic carbocycles. The standard InChI is InChI=1S/C22H21N5O2S.C22H21N5OS.C20H21N5O3S.C18H18F2N4O2S2.C18H20N4O3S2/c1-12-13(2)26-27-22-18(12)19(23)20(30-22)21(28)25-9-14-4-6-15(7-5-14)16-8-17(29-3)11-24-10-16;1-12-4-7-17(11-24-12)16-8-5-15(6-9-16)10-25-21(28)20-19(23)18-13(2)14(3)26-27-22(18)29-20;1-10-4-6-14(7-5-10)28-20(27)25-8-13(9-25)22-18(26)17-16(21)15-11(2)12(3)23-24-19(15)29-17;1-8-9(2)23-24-18-14(8)15(21)16(27-18)17(25)22-7-11-4-5-13(12(20)6-11)28(26)10(3)19;1-4-27(24,25)13-7-5-12(6-8-13)9-20-17(23)16-15(19)14-10(2)11(3)21-22-18(14)26-16/h4-8,10-11H,9,23H2,1-3H3,(H,25,28);4-9,11H,10,23H2,1-3H3,(H,25,28);4-7,13H,8-9,21H2,1-3H3,(H,22,26);4-6,10H,7,21H2,1-3H3,(H,22,25);5-8H,4,9,19H2,1-3H3,(H,20,23). The number of nitrogens with one attached hydrogen (secondary N) is 5. The molecule has 0 aliphatic carbocycles. The maximum Gasteiger partial charge on any atom is 0.415 e. The molecule has 17 aromatic rings. The fourth-order valence-electron chi connectivity index (χ4n) is 14.8. The van der Waals surface area contributed by atoms with Gasteiger partial charge in [-0.15, -0.1) is 82.2 Å². The van der Waals surface area contributed by atoms with E-state index in [2.05, 4.69) is 93.6 Å². The number of hydrogen-bond donors (Lipinski definition) is 10. The SMILES string of the molecule is CCS(=O)(=O)c1ccc(CNC(=O)c2sc3nnc(C)c(C)c3c2N)cc1.COc1cncc(-c2ccc(CNC(=O)c3sc4nnc(C)c(C)c4c3N)cc2)c1.Cc1ccc(-c2ccc(CNC(=O)c3sc4nnc(C)c(C)c4c3N)cc2)cn1.Cc1ccc(OC(=O)N2CC(NC(=O)c3sc4nnc(C)c(C)c4c3N)C2)cc1.Cc1nnc2sc(C(=O)NCc3ccc(S(=O)C(C)F)c(F)c3)c(N)c2c1C. The molecule has 6 amide bonds. The second-order valence-corrected chi connectivity index (χ2v) is 42.5. The molecule has 738 valence electrons. The largest absolute Gasteiger partial charge is 0.495 e. The van der Waals surface area contributed by atoms with Crippen LogP contribution in [0.2, 0.25) is 0 Å². The number of amides is 6. The van der Waals surface area contributed by atoms with E-state index in [1.54, 1.807) is 62.8 Å². The fraction of sp³-hybridized carbons (Fsp3) is 0.240. The normalized spacial score (nSPS) is 12.2. The van der Waals surface area contributed by atoms with Crippen LogP contribution in [-0.4, -0.2) is 152 Å². The third-order valence-corrected chi connectivity index (χ3v) is 32.4. The van der Waals surface area contributed by atoms with E-state index >= 15 is 0 Å². The van der Waals surface area contributed by atoms with Crippen molar-refractivity contribution in [3.05, 3.63) is 272 Å². The van der Waals surface area contributed by atoms with E-state index in [9.17, 15) is 50.2 Å². The monoisotopic (exact) mass is 2060 g/mol. The van der Waals surface area contributed by atoms with E-state index in [4.69, 9.17) is 38.1 Å². The summed E-state index contributed by atoms with van der Waals surface area (Å²) in [7, 11) is -3.69. The van der Waals surface area contributed by atoms with Gasteiger partial charge in [-0.1, -0.05) is 97.4 Å². The highest BCUT2D eigenvalue weighted by atomic mass is 32.2. The average Bonchev–Trinajstić information content (AvgIpc) is 1.66. The molecule has 1 saturated heterocycles. The minimum absolute atomic E-state index is 0.0330. The zero-order valence-corrected chi connectivity index (χ0v) is 86.1. The van der Waals surface area contributed by atoms with E-state index in [1.807, 2.05) is 162 Å². The predicted octanol–water partition coefficient (Wildman–Crippen LogP) is 16.9. The first kappa shape index (κ1) is 104. The van der Waals surface area contributed by atoms with Crippen molar-refractivity contribution in [3.63, 3.8) is 0 Å². The second-order valence-electron chi connectivity index (χ2n) is 33.5. The fourth-order valence-corrected chi connectivity index (χ4v) is 21.5. The van der Waals surface area contributed by atoms with E-state index in [0.717, 1.165) is 152 Å². The number of aromatic nitrogens is 12. The molecular formula is C100H101F2N23O11S7. The summed E-state index contributed by atoms with van der Waals surface area (Å²) in [6.07, 6.45) is 4.89. The lowest BCUT2D eigenvalue weighted by molar-refractivity contribution is 0.0792. The maximum absolute atomic E-state index is 14.1. The van der Waals surface area contributed by atoms with Gasteiger partial charge < -0.3 is 69.6 Å². The highest BCUT2D eigenvalue weighted by Crippen LogP contribution is 2.41. The third-order valence-electron chi connectivity index (χ3n) is 23.8. The highest BCUT2D eigenvalue weighted by molar-refractivity contribution is 7.91. The number of ether oxygens (including phenoxy) is 2. The molecule has 12 aromatic heterocycles. The Morgan fingerprint density at radius 3 is 1.14 bits per heavy atom. The molecule has 34 nitrogen and oxygen atoms in total. The number of carbonyl (C=O) groups is 6. The van der Waals surface area contributed by atoms with Crippen molar-refractivity contribution in [2.75, 3.05) is 54.6 Å². The Morgan fingerprint density at radius 2 is 0.790 bits per heavy atom. The molecule has 0 spiro atoms. The molecule has 2 atom stereocenters. The minimum atomic E-state index is -3.23. The van der Waals surface area contributed by atoms with E-state index in [-0.39, 0.29) is 58.3 Å². The summed E-state index contributed by atoms with van der Waals surface area (Å²) in [6, 6.07) is 39.5. The van der Waals surface area contributed by atoms with Crippen LogP contribution in [-0.2, 0) is 46.8 Å². The number of alkyl halides is 1. The van der Waals surface area contributed by atoms with Crippen molar-refractivity contribution in [2.45, 2.75) is 144 Å². The topological polar surface area (TPSA) is 520 Å². The number of aryl methyl sites for hydroxylation is 12. The lowest BCUT2D eigenvalue weighted by Crippen LogP contribution is -2.61. The summed E-state index contributed by atoms with van der Waals surface area (Å²) in [5, 5.41) is 59.3. The number of methoxy groups -OCH3 is 1. The molecule has 143 heavy (non-hydrogen) atoms. The Labute approximate surface area is 843 Å². The number of carbonyl (C=O) groups excluding carboxylic acids is 6. The first-order valence-corrected chi connectivity index (χ1v) is 51.5. The molecule has 0 saturated carbocycles. The van der Waals surface area contributed by atoms with Crippen molar-refractivity contribution in [3.8, 4) is 33.8 Å². The number of anilines is 5. The number of halogens is 2. The number of nitrogen functional groups attached to an aromatic ring is 5. The van der Waals surface area contributed by atoms with E-state index in [1.165, 1.54) is 62.4 Å². The summed E-state index contributed by atoms with van der Waals surface area (Å²) in [5.74, 6) is -0.908. The van der Waals surface area contributed by atoms with Gasteiger partial charge in [0.15, 0.2) is 15.3 Å². The quantitative estimate of drug-likeness (QED) is 0.0301. The number of likely N-dealkylation sites (tertiary alicyclic amines) is 1. The van der Waals surface area contributed by atoms with Gasteiger partial charge in [0, 0.05) is 95.4 Å². The number of sulfone groups is 1. The second kappa shape index (κ2) is 44.8. The van der Waals surface area contributed by atoms with Gasteiger partial charge in [-0.25, -0.2) is 22.0 Å². The van der Waals surface area contributed by atoms with E-state index in [0.29, 0.717) is 126 Å². The van der Waals surface area contributed by atoms with Crippen molar-refractivity contribution < 1.29 is 59.6 Å². The Morgan fingerprint density at radius 1 is 0.441 bits per heavy atom. The maximum atomic E-state index is 14.1. The van der Waals surface area contributed by atoms with Gasteiger partial charge in [0.2, 0.25) is 0 Å². The lowest BCUT2D eigenvalue weighted by Gasteiger charge is -2.38. The number of hydrogen-bond acceptors (Lipinski definition) is 33. The summed E-state index contributed by atoms with van der Waals surface area (Å²) < 4.78 is 73.2. The Balaban J connectivity index is 0.000000142. The first-order valence-electron chi connectivity index (χ1n) is 44.5. The Hall–Kier alpha value is -15.0. The van der Waals surface area contributed by atoms with Gasteiger partial charge in [-0.3, -0.25) is 38.1 Å². The van der Waals surface area contributed by atoms with Gasteiger partial charge in [-0.05, 0) is 200 Å². The van der Waals surface area contributed by atoms with Crippen molar-refractivity contribution in [2.24, 2.45) is 0 Å². The molecule has 13 heterocycles. The minimum Gasteiger partial charge on any atom is -0.495 e. The molecule has 0 radical (unpaired) electrons. The number of nitrogens with two attached hydrogens (primary N) is 5. The van der Waals surface area contributed by atoms with Crippen LogP contribution < -0.4 is 64.7 Å². The summed E-state index contributed by atoms with van der Waals surface area (Å²) in [6.45, 7) is 27.4. The zero-order chi connectivity index (χ0) is 103. The van der Waals surface area contributed by atoms with Crippen molar-refractivity contribution >= 4 is 192 Å². The molecule has 0 bridgehead atoms. The first-order chi connectivity index (χ1) is 68.2. The average molecular weight is 2060 g/mol. The van der Waals surface area contributed by atoms with Gasteiger partial charge in [0.1, 0.15) is 65.9 Å². The smallest absolute Gasteiger partial charge is 0.415 e. The number of fused-ring (bicyclic) bond motifs is 5. The molecule has 2 unspecified atom stereocenters. The van der Waals surface area contributed by atoms with Gasteiger partial charge in [0.05, 0.1) is 103 Å². The molecule has 1 aliphatic heterocycles. The number of rotatable bonds is 22. The van der Waals surface area contributed by atoms with Crippen LogP contribution in [0.25, 0.3) is 73.3 Å². The summed E-state index contributed by atoms with van der Waals surface area (Å²) in [4.78, 5) is 90.8. The highest BCUT2D eigenvalue weighted by Gasteiger charge is 2.35. The van der Waals surface area contributed by atoms with E-state index < -0.39 is 44.0 Å². The number of benzene rings is 5. The number of pyridine rings is 2. The van der Waals surface area contributed by atoms with Crippen LogP contribution in [0.3, 0.4) is 0 Å². The van der Waals surface area contributed by atoms with Crippen molar-refractivity contribution in [1.82, 2.24) is 92.4 Å². The van der Waals surface area contributed by atoms with Crippen molar-refractivity contribution in [1.29, 1.82) is 0 Å². The molecule has 1 aliphatic rings. The van der Waals surface area contributed by atoms with Crippen LogP contribution in [0.15, 0.2) is 162 Å². The molecule has 1 fully saturated rings. The summed E-state index contributed by atoms with van der Waals surface area (Å²) >= 11 is 6.11. The molecule has 18 rings (SSSR count). The lowest BCUT2D eigenvalue weighted by atomic mass is 10.1. The van der Waals surface area contributed by atoms with Crippen LogP contribution in [0.1, 0.15) is 152 Å². The van der Waals surface area contributed by atoms with Crippen LogP contribution in [0, 0.1) is 88.9 Å². The zero-order valence-electron chi connectivity index (χ0n) is 80.3. The molecule has 15 N–H and O–H groups in total. The third kappa shape index (κ3) is 23.6. The summed E-state index contributed by atoms with van der Waals surface area (Å²) in [5.41, 5.74) is 49.5. The van der Waals surface area contributed by atoms with Crippen LogP contribution >= 0.6 is 56.7 Å².